The molecule has 2 fully saturated rings. The average molecular weight is 299 g/mol. The Labute approximate surface area is 131 Å². The molecule has 0 bridgehead atoms. The molecule has 3 heterocycles. The van der Waals surface area contributed by atoms with Crippen LogP contribution in [0.4, 0.5) is 5.82 Å². The van der Waals surface area contributed by atoms with Gasteiger partial charge in [0, 0.05) is 38.4 Å². The predicted octanol–water partition coefficient (Wildman–Crippen LogP) is 2.69. The number of fused-ring (bicyclic) bond motifs is 1. The van der Waals surface area contributed by atoms with Crippen molar-refractivity contribution < 1.29 is 0 Å². The summed E-state index contributed by atoms with van der Waals surface area (Å²) in [6.45, 7) is 4.28. The monoisotopic (exact) mass is 299 g/mol. The number of aromatic nitrogens is 3. The lowest BCUT2D eigenvalue weighted by molar-refractivity contribution is 0.312. The number of imidazole rings is 1. The molecule has 0 aromatic carbocycles. The van der Waals surface area contributed by atoms with Gasteiger partial charge in [-0.25, -0.2) is 9.97 Å². The van der Waals surface area contributed by atoms with Crippen molar-refractivity contribution in [3.63, 3.8) is 0 Å². The van der Waals surface area contributed by atoms with Crippen molar-refractivity contribution in [3.8, 4) is 0 Å². The molecule has 2 aromatic rings. The van der Waals surface area contributed by atoms with Crippen LogP contribution in [0, 0.1) is 0 Å². The summed E-state index contributed by atoms with van der Waals surface area (Å²) in [5.41, 5.74) is 2.34. The molecule has 118 valence electrons. The van der Waals surface area contributed by atoms with Gasteiger partial charge < -0.3 is 14.4 Å². The zero-order valence-electron chi connectivity index (χ0n) is 13.4. The van der Waals surface area contributed by atoms with Crippen molar-refractivity contribution in [3.05, 3.63) is 18.6 Å². The Morgan fingerprint density at radius 2 is 1.77 bits per heavy atom. The molecule has 5 heteroatoms. The van der Waals surface area contributed by atoms with Gasteiger partial charge in [-0.05, 0) is 26.0 Å². The highest BCUT2D eigenvalue weighted by molar-refractivity contribution is 5.86. The van der Waals surface area contributed by atoms with E-state index in [-0.39, 0.29) is 0 Å². The maximum absolute atomic E-state index is 4.73. The Bertz CT molecular complexity index is 636. The first-order chi connectivity index (χ1) is 10.8. The lowest BCUT2D eigenvalue weighted by Crippen LogP contribution is -2.44. The molecule has 1 saturated heterocycles. The van der Waals surface area contributed by atoms with Crippen LogP contribution in [0.1, 0.15) is 38.1 Å². The molecule has 2 aliphatic rings. The highest BCUT2D eigenvalue weighted by Gasteiger charge is 2.22. The third-order valence-electron chi connectivity index (χ3n) is 5.24. The van der Waals surface area contributed by atoms with Crippen LogP contribution in [-0.4, -0.2) is 52.7 Å². The van der Waals surface area contributed by atoms with Gasteiger partial charge in [-0.3, -0.25) is 0 Å². The summed E-state index contributed by atoms with van der Waals surface area (Å²) in [4.78, 5) is 14.1. The minimum absolute atomic E-state index is 0.626. The van der Waals surface area contributed by atoms with Crippen molar-refractivity contribution in [2.75, 3.05) is 38.1 Å². The van der Waals surface area contributed by atoms with Crippen LogP contribution in [0.2, 0.25) is 0 Å². The second-order valence-electron chi connectivity index (χ2n) is 6.74. The first-order valence-electron chi connectivity index (χ1n) is 8.58. The van der Waals surface area contributed by atoms with E-state index >= 15 is 0 Å². The van der Waals surface area contributed by atoms with Crippen LogP contribution < -0.4 is 4.90 Å². The minimum Gasteiger partial charge on any atom is -0.352 e. The van der Waals surface area contributed by atoms with Crippen molar-refractivity contribution in [2.45, 2.75) is 38.1 Å². The van der Waals surface area contributed by atoms with Gasteiger partial charge in [-0.1, -0.05) is 19.3 Å². The molecule has 2 aromatic heterocycles. The van der Waals surface area contributed by atoms with E-state index in [1.54, 1.807) is 0 Å². The summed E-state index contributed by atoms with van der Waals surface area (Å²) in [6.07, 6.45) is 10.7. The lowest BCUT2D eigenvalue weighted by Gasteiger charge is -2.33. The standard InChI is InChI=1S/C17H25N5/c1-20-9-11-21(12-10-20)17-16-15(7-8-18-17)22(13-19-16)14-5-3-2-4-6-14/h7-8,13-14H,2-6,9-12H2,1H3. The van der Waals surface area contributed by atoms with Crippen molar-refractivity contribution in [2.24, 2.45) is 0 Å². The summed E-state index contributed by atoms with van der Waals surface area (Å²) in [7, 11) is 2.18. The maximum Gasteiger partial charge on any atom is 0.156 e. The topological polar surface area (TPSA) is 37.2 Å². The normalized spacial score (nSPS) is 21.6. The second kappa shape index (κ2) is 5.88. The molecule has 0 amide bonds. The largest absolute Gasteiger partial charge is 0.352 e. The fourth-order valence-corrected chi connectivity index (χ4v) is 3.85. The summed E-state index contributed by atoms with van der Waals surface area (Å²) < 4.78 is 2.40. The highest BCUT2D eigenvalue weighted by Crippen LogP contribution is 2.32. The number of piperazine rings is 1. The third kappa shape index (κ3) is 2.47. The zero-order chi connectivity index (χ0) is 14.9. The van der Waals surface area contributed by atoms with Gasteiger partial charge in [0.2, 0.25) is 0 Å². The second-order valence-corrected chi connectivity index (χ2v) is 6.74. The molecule has 1 aliphatic heterocycles. The number of anilines is 1. The van der Waals surface area contributed by atoms with E-state index in [2.05, 4.69) is 32.5 Å². The summed E-state index contributed by atoms with van der Waals surface area (Å²) in [6, 6.07) is 2.76. The number of nitrogens with zero attached hydrogens (tertiary/aromatic N) is 5. The SMILES string of the molecule is CN1CCN(c2nccc3c2ncn3C2CCCCC2)CC1. The first-order valence-corrected chi connectivity index (χ1v) is 8.58. The van der Waals surface area contributed by atoms with Crippen LogP contribution in [0.25, 0.3) is 11.0 Å². The van der Waals surface area contributed by atoms with Crippen molar-refractivity contribution in [1.82, 2.24) is 19.4 Å². The summed E-state index contributed by atoms with van der Waals surface area (Å²) in [5.74, 6) is 1.07. The Morgan fingerprint density at radius 1 is 1.00 bits per heavy atom. The van der Waals surface area contributed by atoms with E-state index in [0.29, 0.717) is 6.04 Å². The van der Waals surface area contributed by atoms with Gasteiger partial charge in [-0.15, -0.1) is 0 Å². The molecule has 1 aliphatic carbocycles. The number of rotatable bonds is 2. The molecule has 0 radical (unpaired) electrons. The lowest BCUT2D eigenvalue weighted by atomic mass is 9.95. The fourth-order valence-electron chi connectivity index (χ4n) is 3.85. The molecule has 5 nitrogen and oxygen atoms in total. The Kier molecular flexibility index (Phi) is 3.74. The predicted molar refractivity (Wildman–Crippen MR) is 89.4 cm³/mol. The van der Waals surface area contributed by atoms with E-state index in [9.17, 15) is 0 Å². The number of hydrogen-bond donors (Lipinski definition) is 0. The van der Waals surface area contributed by atoms with Crippen LogP contribution in [0.5, 0.6) is 0 Å². The van der Waals surface area contributed by atoms with Gasteiger partial charge >= 0.3 is 0 Å². The van der Waals surface area contributed by atoms with Crippen LogP contribution in [-0.2, 0) is 0 Å². The number of hydrogen-bond acceptors (Lipinski definition) is 4. The Hall–Kier alpha value is -1.62. The minimum atomic E-state index is 0.626. The van der Waals surface area contributed by atoms with Crippen molar-refractivity contribution in [1.29, 1.82) is 0 Å². The highest BCUT2D eigenvalue weighted by atomic mass is 15.3. The quantitative estimate of drug-likeness (QED) is 0.854. The van der Waals surface area contributed by atoms with E-state index < -0.39 is 0 Å². The molecule has 0 atom stereocenters. The molecule has 0 unspecified atom stereocenters. The molecule has 22 heavy (non-hydrogen) atoms. The molecule has 0 N–H and O–H groups in total. The van der Waals surface area contributed by atoms with Crippen molar-refractivity contribution >= 4 is 16.9 Å². The molecule has 0 spiro atoms. The fraction of sp³-hybridized carbons (Fsp3) is 0.647. The summed E-state index contributed by atoms with van der Waals surface area (Å²) in [5, 5.41) is 0. The number of pyridine rings is 1. The van der Waals surface area contributed by atoms with E-state index in [1.807, 2.05) is 12.5 Å². The molecular weight excluding hydrogens is 274 g/mol. The van der Waals surface area contributed by atoms with Gasteiger partial charge in [0.15, 0.2) is 5.82 Å². The van der Waals surface area contributed by atoms with Gasteiger partial charge in [0.1, 0.15) is 5.52 Å². The average Bonchev–Trinajstić information content (AvgIpc) is 3.00. The number of likely N-dealkylation sites (N-methyl/N-ethyl adjacent to an activating group) is 1. The first kappa shape index (κ1) is 14.0. The maximum atomic E-state index is 4.73. The Balaban J connectivity index is 1.67. The molecule has 1 saturated carbocycles. The smallest absolute Gasteiger partial charge is 0.156 e. The van der Waals surface area contributed by atoms with E-state index in [0.717, 1.165) is 37.5 Å². The zero-order valence-corrected chi connectivity index (χ0v) is 13.4. The molecule has 4 rings (SSSR count). The van der Waals surface area contributed by atoms with Gasteiger partial charge in [0.25, 0.3) is 0 Å². The Morgan fingerprint density at radius 3 is 2.55 bits per heavy atom. The van der Waals surface area contributed by atoms with Crippen LogP contribution >= 0.6 is 0 Å². The van der Waals surface area contributed by atoms with E-state index in [4.69, 9.17) is 4.98 Å². The van der Waals surface area contributed by atoms with Crippen LogP contribution in [0.15, 0.2) is 18.6 Å². The van der Waals surface area contributed by atoms with Gasteiger partial charge in [-0.2, -0.15) is 0 Å². The molecular formula is C17H25N5. The summed E-state index contributed by atoms with van der Waals surface area (Å²) >= 11 is 0. The van der Waals surface area contributed by atoms with Crippen LogP contribution in [0.3, 0.4) is 0 Å². The third-order valence-corrected chi connectivity index (χ3v) is 5.24. The van der Waals surface area contributed by atoms with Gasteiger partial charge in [0.05, 0.1) is 11.8 Å². The van der Waals surface area contributed by atoms with E-state index in [1.165, 1.54) is 37.6 Å².